The van der Waals surface area contributed by atoms with Gasteiger partial charge in [0.15, 0.2) is 0 Å². The number of rotatable bonds is 2. The Hall–Kier alpha value is -1.89. The molecule has 1 aromatic rings. The lowest BCUT2D eigenvalue weighted by Crippen LogP contribution is -2.25. The van der Waals surface area contributed by atoms with Crippen LogP contribution in [-0.2, 0) is 4.79 Å². The maximum atomic E-state index is 13.4. The number of nitrogens with zero attached hydrogens (tertiary/aromatic N) is 1. The van der Waals surface area contributed by atoms with Crippen molar-refractivity contribution in [3.63, 3.8) is 0 Å². The lowest BCUT2D eigenvalue weighted by atomic mass is 9.97. The van der Waals surface area contributed by atoms with Crippen LogP contribution in [0.5, 0.6) is 0 Å². The smallest absolute Gasteiger partial charge is 0.227 e. The molecule has 0 spiro atoms. The Bertz CT molecular complexity index is 507. The number of carbonyl (C=O) groups is 1. The molecule has 1 fully saturated rings. The SMILES string of the molecule is CC1CCCC1C(=O)Nc1cccc(F)c1C#N. The van der Waals surface area contributed by atoms with Gasteiger partial charge in [-0.2, -0.15) is 5.26 Å². The first-order valence-electron chi connectivity index (χ1n) is 6.13. The van der Waals surface area contributed by atoms with Gasteiger partial charge in [0.2, 0.25) is 5.91 Å². The minimum atomic E-state index is -0.602. The zero-order valence-electron chi connectivity index (χ0n) is 10.2. The summed E-state index contributed by atoms with van der Waals surface area (Å²) in [6.45, 7) is 2.05. The lowest BCUT2D eigenvalue weighted by Gasteiger charge is -2.15. The molecule has 1 aliphatic rings. The number of nitriles is 1. The fourth-order valence-corrected chi connectivity index (χ4v) is 2.50. The molecule has 0 heterocycles. The molecule has 1 aromatic carbocycles. The molecule has 1 saturated carbocycles. The van der Waals surface area contributed by atoms with E-state index in [9.17, 15) is 9.18 Å². The Morgan fingerprint density at radius 2 is 2.28 bits per heavy atom. The van der Waals surface area contributed by atoms with E-state index in [2.05, 4.69) is 5.32 Å². The minimum absolute atomic E-state index is 0.0280. The lowest BCUT2D eigenvalue weighted by molar-refractivity contribution is -0.120. The highest BCUT2D eigenvalue weighted by Gasteiger charge is 2.30. The van der Waals surface area contributed by atoms with Gasteiger partial charge in [-0.05, 0) is 30.9 Å². The van der Waals surface area contributed by atoms with E-state index in [1.807, 2.05) is 6.92 Å². The highest BCUT2D eigenvalue weighted by atomic mass is 19.1. The van der Waals surface area contributed by atoms with Gasteiger partial charge in [-0.3, -0.25) is 4.79 Å². The first-order valence-corrected chi connectivity index (χ1v) is 6.13. The summed E-state index contributed by atoms with van der Waals surface area (Å²) in [4.78, 5) is 12.1. The highest BCUT2D eigenvalue weighted by Crippen LogP contribution is 2.32. The summed E-state index contributed by atoms with van der Waals surface area (Å²) in [5, 5.41) is 11.6. The quantitative estimate of drug-likeness (QED) is 0.871. The molecule has 3 nitrogen and oxygen atoms in total. The van der Waals surface area contributed by atoms with Gasteiger partial charge in [0.25, 0.3) is 0 Å². The maximum Gasteiger partial charge on any atom is 0.227 e. The second-order valence-corrected chi connectivity index (χ2v) is 4.78. The predicted molar refractivity (Wildman–Crippen MR) is 66.2 cm³/mol. The number of amides is 1. The zero-order chi connectivity index (χ0) is 13.1. The fraction of sp³-hybridized carbons (Fsp3) is 0.429. The Labute approximate surface area is 106 Å². The molecule has 0 aliphatic heterocycles. The van der Waals surface area contributed by atoms with E-state index in [1.54, 1.807) is 12.1 Å². The van der Waals surface area contributed by atoms with Crippen LogP contribution in [0.15, 0.2) is 18.2 Å². The third kappa shape index (κ3) is 2.35. The third-order valence-corrected chi connectivity index (χ3v) is 3.58. The molecule has 18 heavy (non-hydrogen) atoms. The van der Waals surface area contributed by atoms with Gasteiger partial charge < -0.3 is 5.32 Å². The standard InChI is InChI=1S/C14H15FN2O/c1-9-4-2-5-10(9)14(18)17-13-7-3-6-12(15)11(13)8-16/h3,6-7,9-10H,2,4-5H2,1H3,(H,17,18). The van der Waals surface area contributed by atoms with Crippen LogP contribution in [0.3, 0.4) is 0 Å². The van der Waals surface area contributed by atoms with Gasteiger partial charge in [0.1, 0.15) is 17.4 Å². The van der Waals surface area contributed by atoms with Crippen LogP contribution in [0.4, 0.5) is 10.1 Å². The minimum Gasteiger partial charge on any atom is -0.325 e. The molecule has 2 unspecified atom stereocenters. The maximum absolute atomic E-state index is 13.4. The van der Waals surface area contributed by atoms with Crippen LogP contribution < -0.4 is 5.32 Å². The van der Waals surface area contributed by atoms with Crippen molar-refractivity contribution < 1.29 is 9.18 Å². The molecule has 1 N–H and O–H groups in total. The van der Waals surface area contributed by atoms with Gasteiger partial charge in [-0.1, -0.05) is 19.4 Å². The van der Waals surface area contributed by atoms with E-state index in [1.165, 1.54) is 12.1 Å². The number of nitrogens with one attached hydrogen (secondary N) is 1. The zero-order valence-corrected chi connectivity index (χ0v) is 10.2. The van der Waals surface area contributed by atoms with Crippen LogP contribution in [0, 0.1) is 29.0 Å². The number of hydrogen-bond donors (Lipinski definition) is 1. The second-order valence-electron chi connectivity index (χ2n) is 4.78. The number of hydrogen-bond acceptors (Lipinski definition) is 2. The molecule has 0 bridgehead atoms. The molecule has 2 rings (SSSR count). The van der Waals surface area contributed by atoms with Gasteiger partial charge in [-0.15, -0.1) is 0 Å². The van der Waals surface area contributed by atoms with Crippen molar-refractivity contribution >= 4 is 11.6 Å². The van der Waals surface area contributed by atoms with Crippen LogP contribution in [0.25, 0.3) is 0 Å². The van der Waals surface area contributed by atoms with Gasteiger partial charge in [0.05, 0.1) is 5.69 Å². The van der Waals surface area contributed by atoms with Crippen molar-refractivity contribution in [2.24, 2.45) is 11.8 Å². The Morgan fingerprint density at radius 1 is 1.50 bits per heavy atom. The van der Waals surface area contributed by atoms with E-state index in [0.717, 1.165) is 19.3 Å². The summed E-state index contributed by atoms with van der Waals surface area (Å²) < 4.78 is 13.4. The van der Waals surface area contributed by atoms with E-state index >= 15 is 0 Å². The molecule has 2 atom stereocenters. The molecule has 4 heteroatoms. The van der Waals surface area contributed by atoms with Crippen molar-refractivity contribution in [3.05, 3.63) is 29.6 Å². The third-order valence-electron chi connectivity index (χ3n) is 3.58. The largest absolute Gasteiger partial charge is 0.325 e. The van der Waals surface area contributed by atoms with Gasteiger partial charge in [0, 0.05) is 5.92 Å². The Morgan fingerprint density at radius 3 is 2.89 bits per heavy atom. The van der Waals surface area contributed by atoms with Crippen molar-refractivity contribution in [3.8, 4) is 6.07 Å². The van der Waals surface area contributed by atoms with Crippen molar-refractivity contribution in [1.82, 2.24) is 0 Å². The molecule has 1 aliphatic carbocycles. The monoisotopic (exact) mass is 246 g/mol. The molecule has 0 aromatic heterocycles. The van der Waals surface area contributed by atoms with Crippen LogP contribution in [0.1, 0.15) is 31.7 Å². The summed E-state index contributed by atoms with van der Waals surface area (Å²) in [5.41, 5.74) is 0.165. The Balaban J connectivity index is 2.17. The molecule has 0 saturated heterocycles. The number of carbonyl (C=O) groups excluding carboxylic acids is 1. The van der Waals surface area contributed by atoms with E-state index in [4.69, 9.17) is 5.26 Å². The van der Waals surface area contributed by atoms with Gasteiger partial charge in [-0.25, -0.2) is 4.39 Å². The summed E-state index contributed by atoms with van der Waals surface area (Å²) in [5.74, 6) is -0.388. The van der Waals surface area contributed by atoms with Crippen molar-refractivity contribution in [2.75, 3.05) is 5.32 Å². The number of anilines is 1. The van der Waals surface area contributed by atoms with Crippen LogP contribution >= 0.6 is 0 Å². The predicted octanol–water partition coefficient (Wildman–Crippen LogP) is 3.07. The second kappa shape index (κ2) is 5.18. The first kappa shape index (κ1) is 12.6. The first-order chi connectivity index (χ1) is 8.63. The Kier molecular flexibility index (Phi) is 3.61. The summed E-state index contributed by atoms with van der Waals surface area (Å²) in [6.07, 6.45) is 2.96. The van der Waals surface area contributed by atoms with Gasteiger partial charge >= 0.3 is 0 Å². The van der Waals surface area contributed by atoms with Crippen LogP contribution in [0.2, 0.25) is 0 Å². The topological polar surface area (TPSA) is 52.9 Å². The molecular weight excluding hydrogens is 231 g/mol. The van der Waals surface area contributed by atoms with Crippen molar-refractivity contribution in [2.45, 2.75) is 26.2 Å². The number of halogens is 1. The average molecular weight is 246 g/mol. The summed E-state index contributed by atoms with van der Waals surface area (Å²) in [6, 6.07) is 6.04. The average Bonchev–Trinajstić information content (AvgIpc) is 2.76. The normalized spacial score (nSPS) is 22.5. The van der Waals surface area contributed by atoms with E-state index < -0.39 is 5.82 Å². The summed E-state index contributed by atoms with van der Waals surface area (Å²) in [7, 11) is 0. The molecular formula is C14H15FN2O. The van der Waals surface area contributed by atoms with E-state index in [0.29, 0.717) is 5.92 Å². The molecule has 1 amide bonds. The molecule has 0 radical (unpaired) electrons. The molecule has 94 valence electrons. The van der Waals surface area contributed by atoms with Crippen LogP contribution in [-0.4, -0.2) is 5.91 Å². The van der Waals surface area contributed by atoms with E-state index in [-0.39, 0.29) is 23.1 Å². The highest BCUT2D eigenvalue weighted by molar-refractivity contribution is 5.94. The van der Waals surface area contributed by atoms with Crippen molar-refractivity contribution in [1.29, 1.82) is 5.26 Å². The summed E-state index contributed by atoms with van der Waals surface area (Å²) >= 11 is 0. The fourth-order valence-electron chi connectivity index (χ4n) is 2.50. The number of benzene rings is 1.